The highest BCUT2D eigenvalue weighted by Gasteiger charge is 2.38. The summed E-state index contributed by atoms with van der Waals surface area (Å²) in [6, 6.07) is 1.87. The van der Waals surface area contributed by atoms with Crippen LogP contribution < -0.4 is 0 Å². The summed E-state index contributed by atoms with van der Waals surface area (Å²) in [5, 5.41) is 0.633. The average Bonchev–Trinajstić information content (AvgIpc) is 2.86. The molecule has 0 radical (unpaired) electrons. The summed E-state index contributed by atoms with van der Waals surface area (Å²) in [5.74, 6) is 0. The standard InChI is InChI=1S/C11H12ClN3S/c1-11(2-3-11)6-15-9-8(14-10(15)16)4-7(12)5-13-9/h4-5H,2-3,6H2,1H3,(H,14,16). The topological polar surface area (TPSA) is 33.6 Å². The van der Waals surface area contributed by atoms with Gasteiger partial charge in [0.25, 0.3) is 0 Å². The lowest BCUT2D eigenvalue weighted by Crippen LogP contribution is -2.08. The van der Waals surface area contributed by atoms with Crippen molar-refractivity contribution in [1.29, 1.82) is 0 Å². The van der Waals surface area contributed by atoms with Crippen LogP contribution in [0.25, 0.3) is 11.2 Å². The van der Waals surface area contributed by atoms with Crippen LogP contribution in [0.2, 0.25) is 5.02 Å². The SMILES string of the molecule is CC1(Cn2c(=S)[nH]c3cc(Cl)cnc32)CC1. The van der Waals surface area contributed by atoms with E-state index in [0.717, 1.165) is 22.5 Å². The van der Waals surface area contributed by atoms with Crippen molar-refractivity contribution < 1.29 is 0 Å². The van der Waals surface area contributed by atoms with E-state index in [2.05, 4.69) is 21.5 Å². The lowest BCUT2D eigenvalue weighted by Gasteiger charge is -2.09. The fraction of sp³-hybridized carbons (Fsp3) is 0.455. The number of hydrogen-bond donors (Lipinski definition) is 1. The molecular formula is C11H12ClN3S. The van der Waals surface area contributed by atoms with E-state index in [0.29, 0.717) is 10.4 Å². The highest BCUT2D eigenvalue weighted by Crippen LogP contribution is 2.46. The second kappa shape index (κ2) is 3.31. The average molecular weight is 254 g/mol. The third kappa shape index (κ3) is 1.66. The van der Waals surface area contributed by atoms with Gasteiger partial charge in [-0.1, -0.05) is 18.5 Å². The summed E-state index contributed by atoms with van der Waals surface area (Å²) in [7, 11) is 0. The zero-order chi connectivity index (χ0) is 11.3. The van der Waals surface area contributed by atoms with Crippen LogP contribution in [0, 0.1) is 10.2 Å². The van der Waals surface area contributed by atoms with Crippen LogP contribution >= 0.6 is 23.8 Å². The van der Waals surface area contributed by atoms with Crippen molar-refractivity contribution in [3.63, 3.8) is 0 Å². The van der Waals surface area contributed by atoms with Gasteiger partial charge in [0.1, 0.15) is 0 Å². The molecular weight excluding hydrogens is 242 g/mol. The highest BCUT2D eigenvalue weighted by molar-refractivity contribution is 7.71. The van der Waals surface area contributed by atoms with E-state index in [1.807, 2.05) is 6.07 Å². The number of hydrogen-bond acceptors (Lipinski definition) is 2. The van der Waals surface area contributed by atoms with E-state index in [1.54, 1.807) is 6.20 Å². The molecule has 2 aromatic rings. The van der Waals surface area contributed by atoms with Gasteiger partial charge in [0.05, 0.1) is 10.5 Å². The molecule has 3 nitrogen and oxygen atoms in total. The number of pyridine rings is 1. The number of nitrogens with zero attached hydrogens (tertiary/aromatic N) is 2. The number of imidazole rings is 1. The maximum atomic E-state index is 5.90. The van der Waals surface area contributed by atoms with Crippen LogP contribution in [0.15, 0.2) is 12.3 Å². The number of fused-ring (bicyclic) bond motifs is 1. The molecule has 0 aromatic carbocycles. The molecule has 1 fully saturated rings. The largest absolute Gasteiger partial charge is 0.329 e. The van der Waals surface area contributed by atoms with Crippen LogP contribution in [0.1, 0.15) is 19.8 Å². The minimum Gasteiger partial charge on any atom is -0.329 e. The van der Waals surface area contributed by atoms with Crippen LogP contribution in [0.5, 0.6) is 0 Å². The van der Waals surface area contributed by atoms with Gasteiger partial charge in [-0.15, -0.1) is 0 Å². The van der Waals surface area contributed by atoms with Gasteiger partial charge in [-0.3, -0.25) is 0 Å². The van der Waals surface area contributed by atoms with Gasteiger partial charge in [0.15, 0.2) is 10.4 Å². The molecule has 0 saturated heterocycles. The Balaban J connectivity index is 2.16. The first-order chi connectivity index (χ1) is 7.57. The molecule has 16 heavy (non-hydrogen) atoms. The van der Waals surface area contributed by atoms with Crippen LogP contribution in [0.3, 0.4) is 0 Å². The van der Waals surface area contributed by atoms with Gasteiger partial charge in [-0.25, -0.2) is 4.98 Å². The number of H-pyrrole nitrogens is 1. The quantitative estimate of drug-likeness (QED) is 0.831. The minimum absolute atomic E-state index is 0.411. The zero-order valence-electron chi connectivity index (χ0n) is 8.96. The van der Waals surface area contributed by atoms with Gasteiger partial charge in [-0.05, 0) is 36.5 Å². The molecule has 2 heterocycles. The summed E-state index contributed by atoms with van der Waals surface area (Å²) < 4.78 is 2.81. The van der Waals surface area contributed by atoms with Crippen molar-refractivity contribution in [2.45, 2.75) is 26.3 Å². The fourth-order valence-electron chi connectivity index (χ4n) is 1.92. The first kappa shape index (κ1) is 10.3. The Bertz CT molecular complexity index is 609. The molecule has 0 atom stereocenters. The molecule has 2 aromatic heterocycles. The predicted octanol–water partition coefficient (Wildman–Crippen LogP) is 3.55. The normalized spacial score (nSPS) is 17.9. The van der Waals surface area contributed by atoms with Gasteiger partial charge >= 0.3 is 0 Å². The highest BCUT2D eigenvalue weighted by atomic mass is 35.5. The Hall–Kier alpha value is -0.870. The lowest BCUT2D eigenvalue weighted by molar-refractivity contribution is 0.467. The van der Waals surface area contributed by atoms with Gasteiger partial charge in [-0.2, -0.15) is 0 Å². The molecule has 0 unspecified atom stereocenters. The Morgan fingerprint density at radius 1 is 1.62 bits per heavy atom. The van der Waals surface area contributed by atoms with Crippen LogP contribution in [-0.2, 0) is 6.54 Å². The molecule has 3 rings (SSSR count). The Kier molecular flexibility index (Phi) is 2.13. The molecule has 1 aliphatic rings. The maximum Gasteiger partial charge on any atom is 0.179 e. The first-order valence-corrected chi connectivity index (χ1v) is 6.10. The number of nitrogens with one attached hydrogen (secondary N) is 1. The molecule has 0 spiro atoms. The third-order valence-electron chi connectivity index (χ3n) is 3.22. The van der Waals surface area contributed by atoms with Crippen molar-refractivity contribution in [2.24, 2.45) is 5.41 Å². The van der Waals surface area contributed by atoms with E-state index >= 15 is 0 Å². The molecule has 5 heteroatoms. The minimum atomic E-state index is 0.411. The molecule has 1 aliphatic carbocycles. The van der Waals surface area contributed by atoms with Gasteiger partial charge in [0, 0.05) is 12.7 Å². The number of aromatic nitrogens is 3. The second-order valence-electron chi connectivity index (χ2n) is 4.85. The molecule has 1 N–H and O–H groups in total. The van der Waals surface area contributed by atoms with Crippen molar-refractivity contribution in [2.75, 3.05) is 0 Å². The molecule has 0 amide bonds. The van der Waals surface area contributed by atoms with E-state index < -0.39 is 0 Å². The Morgan fingerprint density at radius 2 is 2.38 bits per heavy atom. The number of halogens is 1. The summed E-state index contributed by atoms with van der Waals surface area (Å²) in [5.41, 5.74) is 2.23. The van der Waals surface area contributed by atoms with Crippen LogP contribution in [0.4, 0.5) is 0 Å². The zero-order valence-corrected chi connectivity index (χ0v) is 10.5. The molecule has 0 aliphatic heterocycles. The van der Waals surface area contributed by atoms with E-state index in [-0.39, 0.29) is 0 Å². The summed E-state index contributed by atoms with van der Waals surface area (Å²) in [4.78, 5) is 7.50. The predicted molar refractivity (Wildman–Crippen MR) is 67.3 cm³/mol. The van der Waals surface area contributed by atoms with E-state index in [9.17, 15) is 0 Å². The fourth-order valence-corrected chi connectivity index (χ4v) is 2.34. The molecule has 1 saturated carbocycles. The maximum absolute atomic E-state index is 5.90. The van der Waals surface area contributed by atoms with Crippen molar-refractivity contribution in [3.05, 3.63) is 22.1 Å². The first-order valence-electron chi connectivity index (χ1n) is 5.32. The smallest absolute Gasteiger partial charge is 0.179 e. The van der Waals surface area contributed by atoms with Crippen molar-refractivity contribution in [3.8, 4) is 0 Å². The van der Waals surface area contributed by atoms with Crippen LogP contribution in [-0.4, -0.2) is 14.5 Å². The number of aromatic amines is 1. The van der Waals surface area contributed by atoms with Crippen molar-refractivity contribution >= 4 is 35.0 Å². The van der Waals surface area contributed by atoms with Crippen molar-refractivity contribution in [1.82, 2.24) is 14.5 Å². The second-order valence-corrected chi connectivity index (χ2v) is 5.67. The summed E-state index contributed by atoms with van der Waals surface area (Å²) in [6.07, 6.45) is 4.21. The van der Waals surface area contributed by atoms with Gasteiger partial charge in [0.2, 0.25) is 0 Å². The summed E-state index contributed by atoms with van der Waals surface area (Å²) >= 11 is 11.2. The lowest BCUT2D eigenvalue weighted by atomic mass is 10.1. The van der Waals surface area contributed by atoms with E-state index in [4.69, 9.17) is 23.8 Å². The van der Waals surface area contributed by atoms with Gasteiger partial charge < -0.3 is 9.55 Å². The monoisotopic (exact) mass is 253 g/mol. The molecule has 0 bridgehead atoms. The Labute approximate surface area is 103 Å². The van der Waals surface area contributed by atoms with E-state index in [1.165, 1.54) is 12.8 Å². The number of rotatable bonds is 2. The molecule has 84 valence electrons. The summed E-state index contributed by atoms with van der Waals surface area (Å²) in [6.45, 7) is 3.23. The third-order valence-corrected chi connectivity index (χ3v) is 3.75. The Morgan fingerprint density at radius 3 is 3.06 bits per heavy atom.